The summed E-state index contributed by atoms with van der Waals surface area (Å²) in [5, 5.41) is 181. The van der Waals surface area contributed by atoms with Crippen molar-refractivity contribution in [2.24, 2.45) is 0 Å². The lowest BCUT2D eigenvalue weighted by molar-refractivity contribution is -0.383. The molecule has 0 radical (unpaired) electrons. The first kappa shape index (κ1) is 68.9. The van der Waals surface area contributed by atoms with Crippen LogP contribution in [0.5, 0.6) is 0 Å². The van der Waals surface area contributed by atoms with Gasteiger partial charge in [-0.2, -0.15) is 0 Å². The number of hydrogen-bond donors (Lipinski definition) is 20. The maximum Gasteiger partial charge on any atom is 0.217 e. The average molecular weight is 1210 g/mol. The SMILES string of the molecule is CC(=O)N[C@@H]1[C@H](O[C@@H]2[C@@H](NC(C)=O)[C@H](OC(CO)CO)O[C@H](CO)[C@H]2O[C@@H]2O[C@H](CO)[C@@H](O)[C@H](O)[C@H]2NC(C)=O)O[C@@H](C)[C@@H](O[C@@H]2O[C@H](CO)[C@@H](O)[C@H](O)[C@H]2O)[C@H]1O[C@H]1O[C@H](CO[C@H]2O[C@H](CO)[C@@H](O)[C@H](O)[C@H]2O)[C@H](O)[C@H](O)[C@H]1NC(C)=O. The fourth-order valence-electron chi connectivity index (χ4n) is 10.4. The molecule has 0 saturated carbocycles. The zero-order valence-corrected chi connectivity index (χ0v) is 45.5. The molecule has 6 aliphatic rings. The second-order valence-electron chi connectivity index (χ2n) is 20.8. The van der Waals surface area contributed by atoms with E-state index in [9.17, 15) is 101 Å². The van der Waals surface area contributed by atoms with Gasteiger partial charge in [-0.25, -0.2) is 0 Å². The highest BCUT2D eigenvalue weighted by atomic mass is 16.8. The van der Waals surface area contributed by atoms with E-state index in [-0.39, 0.29) is 0 Å². The fraction of sp³-hybridized carbons (Fsp3) is 0.915. The van der Waals surface area contributed by atoms with Crippen molar-refractivity contribution in [2.75, 3.05) is 46.2 Å². The lowest BCUT2D eigenvalue weighted by Gasteiger charge is -2.53. The van der Waals surface area contributed by atoms with E-state index in [0.29, 0.717) is 0 Å². The molecule has 30 atom stereocenters. The minimum atomic E-state index is -2.12. The van der Waals surface area contributed by atoms with Crippen LogP contribution in [0.25, 0.3) is 0 Å². The van der Waals surface area contributed by atoms with Gasteiger partial charge in [0.2, 0.25) is 23.6 Å². The molecule has 0 spiro atoms. The van der Waals surface area contributed by atoms with E-state index >= 15 is 0 Å². The molecule has 0 aliphatic carbocycles. The third kappa shape index (κ3) is 16.1. The Morgan fingerprint density at radius 3 is 1.17 bits per heavy atom. The minimum Gasteiger partial charge on any atom is -0.394 e. The first-order valence-corrected chi connectivity index (χ1v) is 26.6. The van der Waals surface area contributed by atoms with Crippen LogP contribution in [0.1, 0.15) is 34.6 Å². The summed E-state index contributed by atoms with van der Waals surface area (Å²) in [5.74, 6) is -3.40. The molecule has 0 aromatic rings. The second-order valence-corrected chi connectivity index (χ2v) is 20.8. The van der Waals surface area contributed by atoms with Gasteiger partial charge in [-0.05, 0) is 6.92 Å². The number of aliphatic hydroxyl groups excluding tert-OH is 16. The number of nitrogens with one attached hydrogen (secondary N) is 4. The Labute approximate surface area is 472 Å². The van der Waals surface area contributed by atoms with Crippen molar-refractivity contribution in [3.05, 3.63) is 0 Å². The lowest BCUT2D eigenvalue weighted by atomic mass is 9.92. The molecule has 0 bridgehead atoms. The highest BCUT2D eigenvalue weighted by molar-refractivity contribution is 5.74. The first-order chi connectivity index (χ1) is 39.2. The first-order valence-electron chi connectivity index (χ1n) is 26.6. The Bertz CT molecular complexity index is 2070. The molecular weight excluding hydrogens is 1130 g/mol. The third-order valence-electron chi connectivity index (χ3n) is 14.7. The normalized spacial score (nSPS) is 45.1. The van der Waals surface area contributed by atoms with E-state index in [1.54, 1.807) is 0 Å². The van der Waals surface area contributed by atoms with Crippen LogP contribution < -0.4 is 21.3 Å². The van der Waals surface area contributed by atoms with Gasteiger partial charge in [-0.1, -0.05) is 0 Å². The van der Waals surface area contributed by atoms with Crippen molar-refractivity contribution in [2.45, 2.75) is 225 Å². The molecule has 36 nitrogen and oxygen atoms in total. The Morgan fingerprint density at radius 1 is 0.373 bits per heavy atom. The minimum absolute atomic E-state index is 0.789. The molecule has 4 amide bonds. The molecule has 36 heteroatoms. The molecule has 0 unspecified atom stereocenters. The van der Waals surface area contributed by atoms with E-state index in [0.717, 1.165) is 27.7 Å². The standard InChI is InChI=1S/C47H80N4O32/c1-13-38(80-47-37(71)35(69)30(64)21(10-56)77-47)40(82-43-25(49-15(3)59)33(67)31(65)23(79-43)12-72-46-36(70)34(68)29(63)20(9-55)76-46)26(50-16(4)60)44(73-13)83-41-27(51-17(5)61)45(74-18(6-52)7-53)78-22(11-57)39(41)81-42-24(48-14(2)58)32(66)28(62)19(8-54)75-42/h13,18-47,52-57,62-71H,6-12H2,1-5H3,(H,48,58)(H,49,59)(H,50,60)(H,51,61)/t13-,19+,20+,21+,22+,23+,24+,25+,26-,27+,28+,29+,30+,31-,32+,33+,34-,35-,36+,37+,38+,39+,40-,41+,42-,43+,44-,45+,46-,47-/m0/s1. The van der Waals surface area contributed by atoms with E-state index in [1.807, 2.05) is 0 Å². The summed E-state index contributed by atoms with van der Waals surface area (Å²) in [6, 6.07) is -7.10. The van der Waals surface area contributed by atoms with Crippen LogP contribution in [0.15, 0.2) is 0 Å². The van der Waals surface area contributed by atoms with Crippen LogP contribution in [0, 0.1) is 0 Å². The number of aliphatic hydroxyl groups is 16. The van der Waals surface area contributed by atoms with Crippen LogP contribution in [-0.4, -0.2) is 342 Å². The number of amides is 4. The molecule has 83 heavy (non-hydrogen) atoms. The summed E-state index contributed by atoms with van der Waals surface area (Å²) < 4.78 is 73.1. The van der Waals surface area contributed by atoms with E-state index < -0.39 is 260 Å². The van der Waals surface area contributed by atoms with Crippen LogP contribution >= 0.6 is 0 Å². The predicted octanol–water partition coefficient (Wildman–Crippen LogP) is -13.1. The molecule has 6 rings (SSSR count). The van der Waals surface area contributed by atoms with Gasteiger partial charge in [-0.3, -0.25) is 19.2 Å². The number of rotatable bonds is 23. The van der Waals surface area contributed by atoms with Gasteiger partial charge >= 0.3 is 0 Å². The van der Waals surface area contributed by atoms with Gasteiger partial charge < -0.3 is 160 Å². The van der Waals surface area contributed by atoms with Crippen LogP contribution in [0.3, 0.4) is 0 Å². The maximum atomic E-state index is 13.6. The molecule has 6 heterocycles. The monoisotopic (exact) mass is 1210 g/mol. The topological polar surface area (TPSA) is 551 Å². The van der Waals surface area contributed by atoms with E-state index in [1.165, 1.54) is 6.92 Å². The van der Waals surface area contributed by atoms with Crippen LogP contribution in [0.4, 0.5) is 0 Å². The molecule has 6 fully saturated rings. The van der Waals surface area contributed by atoms with Gasteiger partial charge in [0.1, 0.15) is 146 Å². The van der Waals surface area contributed by atoms with E-state index in [2.05, 4.69) is 21.3 Å². The molecule has 0 aromatic heterocycles. The Morgan fingerprint density at radius 2 is 0.711 bits per heavy atom. The molecular formula is C47H80N4O32. The highest BCUT2D eigenvalue weighted by Gasteiger charge is 2.59. The van der Waals surface area contributed by atoms with Gasteiger partial charge in [0, 0.05) is 27.7 Å². The van der Waals surface area contributed by atoms with Gasteiger partial charge in [0.05, 0.1) is 52.4 Å². The van der Waals surface area contributed by atoms with Gasteiger partial charge in [0.25, 0.3) is 0 Å². The maximum absolute atomic E-state index is 13.6. The summed E-state index contributed by atoms with van der Waals surface area (Å²) in [4.78, 5) is 52.1. The summed E-state index contributed by atoms with van der Waals surface area (Å²) in [7, 11) is 0. The van der Waals surface area contributed by atoms with Crippen molar-refractivity contribution in [1.29, 1.82) is 0 Å². The lowest BCUT2D eigenvalue weighted by Crippen LogP contribution is -2.73. The Kier molecular flexibility index (Phi) is 25.4. The Balaban J connectivity index is 1.48. The highest BCUT2D eigenvalue weighted by Crippen LogP contribution is 2.38. The van der Waals surface area contributed by atoms with Crippen LogP contribution in [0.2, 0.25) is 0 Å². The van der Waals surface area contributed by atoms with Crippen LogP contribution in [-0.2, 0) is 76.0 Å². The van der Waals surface area contributed by atoms with Gasteiger partial charge in [-0.15, -0.1) is 0 Å². The van der Waals surface area contributed by atoms with Crippen molar-refractivity contribution in [1.82, 2.24) is 21.3 Å². The Hall–Kier alpha value is -3.24. The molecule has 480 valence electrons. The zero-order valence-electron chi connectivity index (χ0n) is 45.5. The number of carbonyl (C=O) groups excluding carboxylic acids is 4. The van der Waals surface area contributed by atoms with Crippen molar-refractivity contribution < 1.29 is 158 Å². The summed E-state index contributed by atoms with van der Waals surface area (Å²) in [6.07, 6.45) is -49.9. The zero-order chi connectivity index (χ0) is 61.5. The summed E-state index contributed by atoms with van der Waals surface area (Å²) in [5.41, 5.74) is 0. The largest absolute Gasteiger partial charge is 0.394 e. The van der Waals surface area contributed by atoms with E-state index in [4.69, 9.17) is 56.8 Å². The van der Waals surface area contributed by atoms with Crippen molar-refractivity contribution >= 4 is 23.6 Å². The molecule has 6 saturated heterocycles. The second kappa shape index (κ2) is 30.6. The number of ether oxygens (including phenoxy) is 12. The smallest absolute Gasteiger partial charge is 0.217 e. The third-order valence-corrected chi connectivity index (χ3v) is 14.7. The molecule has 6 aliphatic heterocycles. The predicted molar refractivity (Wildman–Crippen MR) is 261 cm³/mol. The molecule has 20 N–H and O–H groups in total. The quantitative estimate of drug-likeness (QED) is 0.0452. The number of hydrogen-bond acceptors (Lipinski definition) is 32. The fourth-order valence-corrected chi connectivity index (χ4v) is 10.4. The van der Waals surface area contributed by atoms with Crippen molar-refractivity contribution in [3.8, 4) is 0 Å². The summed E-state index contributed by atoms with van der Waals surface area (Å²) >= 11 is 0. The molecule has 0 aromatic carbocycles. The van der Waals surface area contributed by atoms with Crippen molar-refractivity contribution in [3.63, 3.8) is 0 Å². The average Bonchev–Trinajstić information content (AvgIpc) is 2.90. The number of carbonyl (C=O) groups is 4. The van der Waals surface area contributed by atoms with Gasteiger partial charge in [0.15, 0.2) is 37.7 Å². The summed E-state index contributed by atoms with van der Waals surface area (Å²) in [6.45, 7) is -0.948.